The highest BCUT2D eigenvalue weighted by Gasteiger charge is 2.34. The van der Waals surface area contributed by atoms with Crippen LogP contribution in [0.3, 0.4) is 0 Å². The van der Waals surface area contributed by atoms with E-state index in [0.29, 0.717) is 0 Å². The van der Waals surface area contributed by atoms with Crippen LogP contribution in [0.25, 0.3) is 0 Å². The highest BCUT2D eigenvalue weighted by atomic mass is 16.5. The van der Waals surface area contributed by atoms with Crippen molar-refractivity contribution in [1.29, 1.82) is 0 Å². The molecule has 1 aliphatic carbocycles. The summed E-state index contributed by atoms with van der Waals surface area (Å²) >= 11 is 0. The Morgan fingerprint density at radius 3 is 2.50 bits per heavy atom. The molecule has 28 heavy (non-hydrogen) atoms. The Morgan fingerprint density at radius 2 is 1.82 bits per heavy atom. The average molecular weight is 394 g/mol. The molecule has 0 saturated carbocycles. The van der Waals surface area contributed by atoms with Crippen LogP contribution >= 0.6 is 0 Å². The summed E-state index contributed by atoms with van der Waals surface area (Å²) in [6.45, 7) is -11.0. The Balaban J connectivity index is 1.96. The predicted octanol–water partition coefficient (Wildman–Crippen LogP) is 4.36. The third-order valence-electron chi connectivity index (χ3n) is 4.37. The Kier molecular flexibility index (Phi) is 2.56. The number of nitrogens with zero attached hydrogens (tertiary/aromatic N) is 1. The average Bonchev–Trinajstić information content (AvgIpc) is 3.16. The zero-order valence-corrected chi connectivity index (χ0v) is 15.4. The van der Waals surface area contributed by atoms with Crippen molar-refractivity contribution in [2.45, 2.75) is 32.0 Å². The topological polar surface area (TPSA) is 38.8 Å². The molecule has 2 aromatic carbocycles. The molecule has 1 atom stereocenters. The number of benzene rings is 2. The second-order valence-corrected chi connectivity index (χ2v) is 6.14. The van der Waals surface area contributed by atoms with Gasteiger partial charge in [-0.1, -0.05) is 30.3 Å². The number of likely N-dealkylation sites (tertiary alicyclic amines) is 1. The van der Waals surface area contributed by atoms with Crippen LogP contribution in [-0.2, 0) is 12.9 Å². The van der Waals surface area contributed by atoms with Crippen LogP contribution in [0.4, 0.5) is 0 Å². The molecule has 1 unspecified atom stereocenters. The highest BCUT2D eigenvalue weighted by Crippen LogP contribution is 2.39. The van der Waals surface area contributed by atoms with Crippen molar-refractivity contribution in [3.05, 3.63) is 59.2 Å². The number of carbonyl (C=O) groups excluding carboxylic acids is 1. The summed E-state index contributed by atoms with van der Waals surface area (Å²) in [5.74, 6) is -8.39. The van der Waals surface area contributed by atoms with Crippen LogP contribution in [0.5, 0.6) is 11.5 Å². The van der Waals surface area contributed by atoms with Crippen molar-refractivity contribution in [1.82, 2.24) is 4.90 Å². The maximum absolute atomic E-state index is 13.7. The van der Waals surface area contributed by atoms with Crippen molar-refractivity contribution in [3.8, 4) is 11.5 Å². The number of rotatable bonds is 6. The first kappa shape index (κ1) is 8.58. The number of fused-ring (bicyclic) bond motifs is 1. The van der Waals surface area contributed by atoms with Crippen LogP contribution < -0.4 is 9.47 Å². The lowest BCUT2D eigenvalue weighted by Crippen LogP contribution is -2.34. The van der Waals surface area contributed by atoms with Gasteiger partial charge in [-0.25, -0.2) is 0 Å². The molecule has 0 amide bonds. The van der Waals surface area contributed by atoms with Gasteiger partial charge in [0.25, 0.3) is 0 Å². The van der Waals surface area contributed by atoms with E-state index in [2.05, 4.69) is 0 Å². The third-order valence-corrected chi connectivity index (χ3v) is 4.37. The van der Waals surface area contributed by atoms with Crippen LogP contribution in [0.2, 0.25) is 0 Å². The third kappa shape index (κ3) is 3.93. The predicted molar refractivity (Wildman–Crippen MR) is 110 cm³/mol. The van der Waals surface area contributed by atoms with Crippen molar-refractivity contribution in [3.63, 3.8) is 0 Å². The largest absolute Gasteiger partial charge is 0.493 e. The molecule has 1 aliphatic heterocycles. The summed E-state index contributed by atoms with van der Waals surface area (Å²) < 4.78 is 133. The molecule has 0 aromatic heterocycles. The monoisotopic (exact) mass is 393 g/mol. The normalized spacial score (nSPS) is 39.6. The van der Waals surface area contributed by atoms with Crippen LogP contribution in [0, 0.1) is 11.8 Å². The van der Waals surface area contributed by atoms with E-state index >= 15 is 0 Å². The molecule has 0 spiro atoms. The number of carbonyl (C=O) groups is 1. The Bertz CT molecular complexity index is 1390. The molecule has 0 bridgehead atoms. The van der Waals surface area contributed by atoms with Crippen molar-refractivity contribution in [2.75, 3.05) is 27.2 Å². The quantitative estimate of drug-likeness (QED) is 0.731. The molecule has 0 N–H and O–H groups in total. The Hall–Kier alpha value is -2.33. The van der Waals surface area contributed by atoms with E-state index in [9.17, 15) is 4.79 Å². The zero-order valence-electron chi connectivity index (χ0n) is 29.4. The minimum atomic E-state index is -4.14. The number of ketones is 1. The van der Waals surface area contributed by atoms with E-state index in [-0.39, 0.29) is 33.1 Å². The lowest BCUT2D eigenvalue weighted by Gasteiger charge is -2.32. The molecule has 1 heterocycles. The zero-order chi connectivity index (χ0) is 32.1. The van der Waals surface area contributed by atoms with Crippen molar-refractivity contribution in [2.24, 2.45) is 11.8 Å². The van der Waals surface area contributed by atoms with Gasteiger partial charge in [-0.15, -0.1) is 0 Å². The minimum Gasteiger partial charge on any atom is -0.493 e. The van der Waals surface area contributed by atoms with Gasteiger partial charge in [-0.2, -0.15) is 0 Å². The van der Waals surface area contributed by atoms with E-state index in [0.717, 1.165) is 18.2 Å². The first-order valence-corrected chi connectivity index (χ1v) is 8.62. The molecule has 4 nitrogen and oxygen atoms in total. The number of hydrogen-bond acceptors (Lipinski definition) is 4. The molecular weight excluding hydrogens is 350 g/mol. The summed E-state index contributed by atoms with van der Waals surface area (Å²) in [5, 5.41) is 0. The second-order valence-electron chi connectivity index (χ2n) is 6.14. The number of methoxy groups -OCH3 is 2. The summed E-state index contributed by atoms with van der Waals surface area (Å²) in [4.78, 5) is 13.4. The number of piperidine rings is 1. The molecule has 4 heteroatoms. The van der Waals surface area contributed by atoms with Gasteiger partial charge in [-0.3, -0.25) is 9.69 Å². The van der Waals surface area contributed by atoms with E-state index in [4.69, 9.17) is 28.7 Å². The van der Waals surface area contributed by atoms with E-state index in [1.54, 1.807) is 0 Å². The molecule has 148 valence electrons. The van der Waals surface area contributed by atoms with E-state index in [1.165, 1.54) is 38.5 Å². The number of Topliss-reactive ketones (excluding diaryl/α,β-unsaturated/α-hetero) is 1. The summed E-state index contributed by atoms with van der Waals surface area (Å²) in [5.41, 5.74) is -0.545. The molecule has 1 saturated heterocycles. The van der Waals surface area contributed by atoms with Crippen molar-refractivity contribution < 1.29 is 33.5 Å². The van der Waals surface area contributed by atoms with Gasteiger partial charge in [0.2, 0.25) is 0 Å². The van der Waals surface area contributed by atoms with Crippen LogP contribution in [-0.4, -0.2) is 37.9 Å². The van der Waals surface area contributed by atoms with E-state index < -0.39 is 62.6 Å². The van der Waals surface area contributed by atoms with Crippen LogP contribution in [0.15, 0.2) is 42.5 Å². The van der Waals surface area contributed by atoms with Gasteiger partial charge in [0.1, 0.15) is 0 Å². The fourth-order valence-corrected chi connectivity index (χ4v) is 3.01. The summed E-state index contributed by atoms with van der Waals surface area (Å²) in [7, 11) is 2.56. The minimum absolute atomic E-state index is 0.0461. The Morgan fingerprint density at radius 1 is 1.14 bits per heavy atom. The highest BCUT2D eigenvalue weighted by molar-refractivity contribution is 6.02. The second kappa shape index (κ2) is 8.36. The number of ether oxygens (including phenoxy) is 2. The lowest BCUT2D eigenvalue weighted by atomic mass is 9.85. The standard InChI is InChI=1S/C24H29NO3/c1-27-22-14-19-13-20(24(26)21(19)15-23(22)28-2)12-17-8-10-25(11-9-17)16-18-6-4-3-5-7-18/h3-7,14-15,17,20H,8-13,16H2,1-2H3/i8D2,9D2,10D2,11D2,12D2,16D2,17D,20D. The fraction of sp³-hybridized carbons (Fsp3) is 0.458. The molecule has 2 aliphatic rings. The van der Waals surface area contributed by atoms with Gasteiger partial charge < -0.3 is 9.47 Å². The maximum atomic E-state index is 13.7. The van der Waals surface area contributed by atoms with Gasteiger partial charge in [0, 0.05) is 37.1 Å². The van der Waals surface area contributed by atoms with Crippen LogP contribution in [0.1, 0.15) is 59.8 Å². The fourth-order valence-electron chi connectivity index (χ4n) is 3.01. The molecular formula is C24H29NO3. The first-order valence-electron chi connectivity index (χ1n) is 15.6. The Labute approximate surface area is 187 Å². The smallest absolute Gasteiger partial charge is 0.166 e. The lowest BCUT2D eigenvalue weighted by molar-refractivity contribution is 0.0895. The van der Waals surface area contributed by atoms with E-state index in [1.807, 2.05) is 0 Å². The number of hydrogen-bond donors (Lipinski definition) is 0. The first-order chi connectivity index (χ1) is 19.0. The molecule has 1 fully saturated rings. The summed E-state index contributed by atoms with van der Waals surface area (Å²) in [6.07, 6.45) is -12.9. The molecule has 0 radical (unpaired) electrons. The molecule has 4 rings (SSSR count). The summed E-state index contributed by atoms with van der Waals surface area (Å²) in [6, 6.07) is 8.98. The van der Waals surface area contributed by atoms with Gasteiger partial charge in [0.15, 0.2) is 17.3 Å². The van der Waals surface area contributed by atoms with Gasteiger partial charge in [0.05, 0.1) is 14.2 Å². The SMILES string of the molecule is [2H]C([2H])(c1ccccc1)N1C([2H])([2H])C([2H])([2H])C([2H])(C([2H])([2H])C2([2H])Cc3cc(OC)c(OC)cc3C2=O)C([2H])([2H])C1([2H])[2H]. The van der Waals surface area contributed by atoms with Gasteiger partial charge >= 0.3 is 0 Å². The van der Waals surface area contributed by atoms with Gasteiger partial charge in [-0.05, 0) is 67.7 Å². The maximum Gasteiger partial charge on any atom is 0.166 e. The molecule has 2 aromatic rings. The van der Waals surface area contributed by atoms with Crippen molar-refractivity contribution >= 4 is 5.78 Å².